The minimum atomic E-state index is -1.39. The van der Waals surface area contributed by atoms with E-state index in [1.54, 1.807) is 5.57 Å². The van der Waals surface area contributed by atoms with Gasteiger partial charge in [-0.2, -0.15) is 0 Å². The Labute approximate surface area is 106 Å². The summed E-state index contributed by atoms with van der Waals surface area (Å²) < 4.78 is 11.3. The third kappa shape index (κ3) is 3.16. The number of hydrogen-bond donors (Lipinski definition) is 0. The van der Waals surface area contributed by atoms with E-state index < -0.39 is 18.3 Å². The monoisotopic (exact) mass is 272 g/mol. The van der Waals surface area contributed by atoms with Gasteiger partial charge >= 0.3 is 0 Å². The first-order valence-electron chi connectivity index (χ1n) is 6.43. The van der Waals surface area contributed by atoms with E-state index in [1.807, 2.05) is 5.57 Å². The molecule has 0 aromatic heterocycles. The molecule has 0 saturated heterocycles. The largest absolute Gasteiger partial charge is 0.449 e. The summed E-state index contributed by atoms with van der Waals surface area (Å²) in [4.78, 5) is 0. The summed E-state index contributed by atoms with van der Waals surface area (Å²) in [6.45, 7) is 4.69. The Balaban J connectivity index is 1.79. The molecule has 0 aromatic carbocycles. The summed E-state index contributed by atoms with van der Waals surface area (Å²) in [5.74, 6) is 1.02. The Morgan fingerprint density at radius 2 is 2.25 bits per heavy atom. The van der Waals surface area contributed by atoms with E-state index in [0.717, 1.165) is 16.4 Å². The van der Waals surface area contributed by atoms with Gasteiger partial charge in [-0.25, -0.2) is 0 Å². The van der Waals surface area contributed by atoms with Gasteiger partial charge in [0, 0.05) is 0 Å². The molecule has 16 heavy (non-hydrogen) atoms. The highest BCUT2D eigenvalue weighted by atomic mass is 28.4. The van der Waals surface area contributed by atoms with E-state index in [1.165, 1.54) is 38.1 Å². The van der Waals surface area contributed by atoms with Crippen LogP contribution in [0.1, 0.15) is 32.1 Å². The third-order valence-corrected chi connectivity index (χ3v) is 10.0. The van der Waals surface area contributed by atoms with Crippen molar-refractivity contribution in [2.24, 2.45) is 5.92 Å². The molecule has 0 amide bonds. The van der Waals surface area contributed by atoms with Crippen LogP contribution in [0.15, 0.2) is 11.1 Å². The molecule has 2 rings (SSSR count). The quantitative estimate of drug-likeness (QED) is 0.537. The molecule has 2 aliphatic carbocycles. The summed E-state index contributed by atoms with van der Waals surface area (Å²) in [5, 5.41) is 0. The maximum atomic E-state index is 5.99. The van der Waals surface area contributed by atoms with Crippen LogP contribution in [0, 0.1) is 5.92 Å². The zero-order valence-corrected chi connectivity index (χ0v) is 15.3. The molecular weight excluding hydrogens is 248 g/mol. The smallest absolute Gasteiger partial charge is 0.283 e. The molecule has 1 fully saturated rings. The van der Waals surface area contributed by atoms with Crippen LogP contribution >= 0.6 is 0 Å². The van der Waals surface area contributed by atoms with Gasteiger partial charge in [0.15, 0.2) is 8.32 Å². The lowest BCUT2D eigenvalue weighted by Crippen LogP contribution is -2.32. The lowest BCUT2D eigenvalue weighted by Gasteiger charge is -2.24. The van der Waals surface area contributed by atoms with Crippen LogP contribution in [0.2, 0.25) is 19.1 Å². The summed E-state index contributed by atoms with van der Waals surface area (Å²) in [5.41, 5.74) is 3.61. The van der Waals surface area contributed by atoms with Crippen molar-refractivity contribution in [1.82, 2.24) is 0 Å². The molecule has 0 N–H and O–H groups in total. The highest BCUT2D eigenvalue weighted by molar-refractivity contribution is 6.74. The molecule has 0 aromatic rings. The maximum absolute atomic E-state index is 5.99. The normalized spacial score (nSPS) is 25.5. The molecule has 1 atom stereocenters. The van der Waals surface area contributed by atoms with Gasteiger partial charge < -0.3 is 8.23 Å². The Hall–Kier alpha value is 0.311. The van der Waals surface area contributed by atoms with E-state index in [-0.39, 0.29) is 0 Å². The third-order valence-electron chi connectivity index (χ3n) is 4.02. The highest BCUT2D eigenvalue weighted by Crippen LogP contribution is 2.45. The first-order chi connectivity index (χ1) is 7.61. The van der Waals surface area contributed by atoms with Crippen LogP contribution in [-0.4, -0.2) is 28.8 Å². The van der Waals surface area contributed by atoms with Gasteiger partial charge in [-0.1, -0.05) is 11.1 Å². The number of fused-ring (bicyclic) bond motifs is 2. The fraction of sp³-hybridized carbons (Fsp3) is 0.818. The molecule has 0 heterocycles. The molecule has 2 nitrogen and oxygen atoms in total. The lowest BCUT2D eigenvalue weighted by atomic mass is 9.98. The van der Waals surface area contributed by atoms with Crippen LogP contribution < -0.4 is 0 Å². The molecule has 0 spiro atoms. The van der Waals surface area contributed by atoms with Crippen molar-refractivity contribution >= 4 is 28.8 Å². The van der Waals surface area contributed by atoms with Crippen LogP contribution in [0.25, 0.3) is 0 Å². The van der Waals surface area contributed by atoms with Crippen molar-refractivity contribution in [3.8, 4) is 0 Å². The molecule has 0 aliphatic heterocycles. The molecule has 1 unspecified atom stereocenters. The van der Waals surface area contributed by atoms with Crippen molar-refractivity contribution < 1.29 is 8.23 Å². The van der Waals surface area contributed by atoms with Gasteiger partial charge in [0.2, 0.25) is 0 Å². The van der Waals surface area contributed by atoms with Crippen molar-refractivity contribution in [3.63, 3.8) is 0 Å². The Bertz CT molecular complexity index is 289. The summed E-state index contributed by atoms with van der Waals surface area (Å²) >= 11 is 0. The van der Waals surface area contributed by atoms with Gasteiger partial charge in [-0.3, -0.25) is 0 Å². The summed E-state index contributed by atoms with van der Waals surface area (Å²) in [6, 6.07) is 1.30. The second-order valence-electron chi connectivity index (χ2n) is 5.83. The van der Waals surface area contributed by atoms with Gasteiger partial charge in [-0.05, 0) is 57.2 Å². The first kappa shape index (κ1) is 12.8. The van der Waals surface area contributed by atoms with Crippen molar-refractivity contribution in [2.45, 2.75) is 51.2 Å². The molecule has 5 heteroatoms. The number of rotatable bonds is 6. The predicted octanol–water partition coefficient (Wildman–Crippen LogP) is 1.39. The van der Waals surface area contributed by atoms with Gasteiger partial charge in [0.25, 0.3) is 10.0 Å². The first-order valence-corrected chi connectivity index (χ1v) is 11.5. The average molecular weight is 273 g/mol. The predicted molar refractivity (Wildman–Crippen MR) is 76.5 cm³/mol. The average Bonchev–Trinajstić information content (AvgIpc) is 2.85. The minimum Gasteiger partial charge on any atom is -0.449 e. The van der Waals surface area contributed by atoms with Crippen LogP contribution in [0.3, 0.4) is 0 Å². The lowest BCUT2D eigenvalue weighted by molar-refractivity contribution is 0.474. The van der Waals surface area contributed by atoms with E-state index in [9.17, 15) is 0 Å². The Morgan fingerprint density at radius 3 is 2.81 bits per heavy atom. The highest BCUT2D eigenvalue weighted by Gasteiger charge is 2.31. The van der Waals surface area contributed by atoms with E-state index >= 15 is 0 Å². The van der Waals surface area contributed by atoms with Gasteiger partial charge in [0.1, 0.15) is 10.5 Å². The standard InChI is InChI=1S/C11H24O2Si3/c1-16(2,13-15-12-14)6-5-11-8-9-3-4-10(11)7-9/h9H,3-8,15H2,1-2,14H3. The van der Waals surface area contributed by atoms with E-state index in [4.69, 9.17) is 8.23 Å². The SMILES string of the molecule is C[Si](C)(CCC1=C2CCC(C2)C1)O[SiH2]O[SiH3]. The molecule has 0 radical (unpaired) electrons. The second-order valence-corrected chi connectivity index (χ2v) is 13.5. The summed E-state index contributed by atoms with van der Waals surface area (Å²) in [7, 11) is -1.17. The van der Waals surface area contributed by atoms with Crippen LogP contribution in [-0.2, 0) is 8.23 Å². The van der Waals surface area contributed by atoms with E-state index in [2.05, 4.69) is 13.1 Å². The zero-order valence-electron chi connectivity index (χ0n) is 10.8. The second kappa shape index (κ2) is 5.31. The van der Waals surface area contributed by atoms with Crippen LogP contribution in [0.4, 0.5) is 0 Å². The zero-order chi connectivity index (χ0) is 11.6. The minimum absolute atomic E-state index is 0.626. The fourth-order valence-corrected chi connectivity index (χ4v) is 7.23. The molecule has 2 aliphatic rings. The molecule has 1 saturated carbocycles. The number of hydrogen-bond acceptors (Lipinski definition) is 2. The molecule has 2 bridgehead atoms. The Morgan fingerprint density at radius 1 is 1.44 bits per heavy atom. The van der Waals surface area contributed by atoms with Crippen LogP contribution in [0.5, 0.6) is 0 Å². The van der Waals surface area contributed by atoms with Gasteiger partial charge in [0.05, 0.1) is 0 Å². The van der Waals surface area contributed by atoms with Crippen molar-refractivity contribution in [1.29, 1.82) is 0 Å². The van der Waals surface area contributed by atoms with Crippen molar-refractivity contribution in [2.75, 3.05) is 0 Å². The molecular formula is C11H24O2Si3. The fourth-order valence-electron chi connectivity index (χ4n) is 2.94. The topological polar surface area (TPSA) is 18.5 Å². The van der Waals surface area contributed by atoms with E-state index in [0.29, 0.717) is 0 Å². The summed E-state index contributed by atoms with van der Waals surface area (Å²) in [6.07, 6.45) is 7.03. The maximum Gasteiger partial charge on any atom is 0.283 e. The van der Waals surface area contributed by atoms with Crippen molar-refractivity contribution in [3.05, 3.63) is 11.1 Å². The van der Waals surface area contributed by atoms with Gasteiger partial charge in [-0.15, -0.1) is 0 Å². The Kier molecular flexibility index (Phi) is 4.23. The molecule has 92 valence electrons. The number of allylic oxidation sites excluding steroid dienone is 2.